The molecule has 26 heavy (non-hydrogen) atoms. The van der Waals surface area contributed by atoms with Crippen molar-refractivity contribution in [2.24, 2.45) is 0 Å². The first-order valence-corrected chi connectivity index (χ1v) is 9.48. The fourth-order valence-corrected chi connectivity index (χ4v) is 3.95. The van der Waals surface area contributed by atoms with Gasteiger partial charge in [0.05, 0.1) is 6.20 Å². The third-order valence-corrected chi connectivity index (χ3v) is 5.36. The second-order valence-corrected chi connectivity index (χ2v) is 7.17. The monoisotopic (exact) mass is 351 g/mol. The molecule has 0 atom stereocenters. The summed E-state index contributed by atoms with van der Waals surface area (Å²) < 4.78 is 2.30. The average molecular weight is 351 g/mol. The Morgan fingerprint density at radius 2 is 2.15 bits per heavy atom. The quantitative estimate of drug-likeness (QED) is 0.715. The lowest BCUT2D eigenvalue weighted by Crippen LogP contribution is -2.37. The van der Waals surface area contributed by atoms with Crippen LogP contribution in [0.4, 0.5) is 0 Å². The first-order valence-electron chi connectivity index (χ1n) is 9.48. The van der Waals surface area contributed by atoms with E-state index in [-0.39, 0.29) is 5.91 Å². The van der Waals surface area contributed by atoms with Gasteiger partial charge in [0.25, 0.3) is 0 Å². The van der Waals surface area contributed by atoms with Crippen molar-refractivity contribution in [3.63, 3.8) is 0 Å². The molecule has 1 aliphatic carbocycles. The van der Waals surface area contributed by atoms with E-state index < -0.39 is 0 Å². The summed E-state index contributed by atoms with van der Waals surface area (Å²) in [5.74, 6) is 0.171. The maximum Gasteiger partial charge on any atom is 0.220 e. The van der Waals surface area contributed by atoms with E-state index >= 15 is 0 Å². The molecule has 3 aromatic rings. The number of fused-ring (bicyclic) bond motifs is 1. The van der Waals surface area contributed by atoms with E-state index in [1.807, 2.05) is 24.7 Å². The number of carbonyl (C=O) groups is 1. The van der Waals surface area contributed by atoms with Crippen molar-refractivity contribution in [1.82, 2.24) is 25.1 Å². The Bertz CT molecular complexity index is 846. The van der Waals surface area contributed by atoms with Crippen LogP contribution in [0, 0.1) is 0 Å². The summed E-state index contributed by atoms with van der Waals surface area (Å²) in [5, 5.41) is 11.1. The topological polar surface area (TPSA) is 75.6 Å². The summed E-state index contributed by atoms with van der Waals surface area (Å²) in [5.41, 5.74) is 2.23. The average Bonchev–Trinajstić information content (AvgIpc) is 3.32. The maximum atomic E-state index is 12.2. The predicted octanol–water partition coefficient (Wildman–Crippen LogP) is 3.38. The summed E-state index contributed by atoms with van der Waals surface area (Å²) in [6.07, 6.45) is 14.3. The molecule has 0 aromatic carbocycles. The Hall–Kier alpha value is -2.63. The van der Waals surface area contributed by atoms with E-state index in [2.05, 4.69) is 43.4 Å². The summed E-state index contributed by atoms with van der Waals surface area (Å²) in [6.45, 7) is 0. The van der Waals surface area contributed by atoms with Gasteiger partial charge in [-0.05, 0) is 62.3 Å². The molecule has 0 radical (unpaired) electrons. The number of aromatic nitrogens is 4. The number of amides is 1. The number of aromatic amines is 1. The van der Waals surface area contributed by atoms with Crippen molar-refractivity contribution < 1.29 is 4.79 Å². The van der Waals surface area contributed by atoms with Gasteiger partial charge in [-0.25, -0.2) is 4.98 Å². The van der Waals surface area contributed by atoms with Crippen LogP contribution in [0.15, 0.2) is 43.0 Å². The molecule has 4 rings (SSSR count). The van der Waals surface area contributed by atoms with Gasteiger partial charge in [-0.1, -0.05) is 0 Å². The molecule has 1 saturated carbocycles. The molecule has 1 amide bonds. The summed E-state index contributed by atoms with van der Waals surface area (Å²) in [4.78, 5) is 16.7. The molecule has 0 aliphatic heterocycles. The zero-order valence-corrected chi connectivity index (χ0v) is 14.9. The normalized spacial score (nSPS) is 20.3. The van der Waals surface area contributed by atoms with Gasteiger partial charge in [-0.2, -0.15) is 5.10 Å². The van der Waals surface area contributed by atoms with Crippen LogP contribution < -0.4 is 5.32 Å². The summed E-state index contributed by atoms with van der Waals surface area (Å²) in [7, 11) is 0. The van der Waals surface area contributed by atoms with Crippen LogP contribution in [0.3, 0.4) is 0 Å². The van der Waals surface area contributed by atoms with Crippen LogP contribution in [0.2, 0.25) is 0 Å². The van der Waals surface area contributed by atoms with Gasteiger partial charge < -0.3 is 9.88 Å². The van der Waals surface area contributed by atoms with Crippen molar-refractivity contribution in [3.05, 3.63) is 48.5 Å². The van der Waals surface area contributed by atoms with Crippen LogP contribution in [0.5, 0.6) is 0 Å². The van der Waals surface area contributed by atoms with Crippen LogP contribution in [0.1, 0.15) is 50.1 Å². The van der Waals surface area contributed by atoms with Crippen LogP contribution >= 0.6 is 0 Å². The van der Waals surface area contributed by atoms with Crippen molar-refractivity contribution in [3.8, 4) is 0 Å². The second-order valence-electron chi connectivity index (χ2n) is 7.17. The Morgan fingerprint density at radius 3 is 2.96 bits per heavy atom. The van der Waals surface area contributed by atoms with Gasteiger partial charge in [-0.15, -0.1) is 0 Å². The van der Waals surface area contributed by atoms with Crippen molar-refractivity contribution in [1.29, 1.82) is 0 Å². The number of rotatable bonds is 6. The van der Waals surface area contributed by atoms with Crippen molar-refractivity contribution in [2.75, 3.05) is 0 Å². The van der Waals surface area contributed by atoms with Crippen LogP contribution in [-0.2, 0) is 11.2 Å². The van der Waals surface area contributed by atoms with E-state index in [4.69, 9.17) is 0 Å². The lowest BCUT2D eigenvalue weighted by Gasteiger charge is -2.30. The molecule has 3 aromatic heterocycles. The predicted molar refractivity (Wildman–Crippen MR) is 101 cm³/mol. The highest BCUT2D eigenvalue weighted by atomic mass is 16.1. The minimum Gasteiger partial charge on any atom is -0.353 e. The molecule has 0 unspecified atom stereocenters. The SMILES string of the molecule is O=C(CCCc1cn[nH]c1)NC1CCC(n2ccc3cccnc32)CC1. The number of hydrogen-bond donors (Lipinski definition) is 2. The standard InChI is InChI=1S/C20H25N5O/c26-19(5-1-3-15-13-22-23-14-15)24-17-6-8-18(9-7-17)25-12-10-16-4-2-11-21-20(16)25/h2,4,10-14,17-18H,1,3,5-9H2,(H,22,23)(H,24,26). The number of pyridine rings is 1. The van der Waals surface area contributed by atoms with E-state index in [0.29, 0.717) is 18.5 Å². The molecule has 0 spiro atoms. The molecule has 1 fully saturated rings. The molecule has 1 aliphatic rings. The number of aryl methyl sites for hydroxylation is 1. The molecule has 136 valence electrons. The maximum absolute atomic E-state index is 12.2. The zero-order valence-electron chi connectivity index (χ0n) is 14.9. The fourth-order valence-electron chi connectivity index (χ4n) is 3.95. The summed E-state index contributed by atoms with van der Waals surface area (Å²) in [6, 6.07) is 7.01. The number of carbonyl (C=O) groups excluding carboxylic acids is 1. The van der Waals surface area contributed by atoms with Gasteiger partial charge >= 0.3 is 0 Å². The van der Waals surface area contributed by atoms with Gasteiger partial charge in [0, 0.05) is 42.5 Å². The Balaban J connectivity index is 1.24. The Kier molecular flexibility index (Phi) is 5.00. The Morgan fingerprint density at radius 1 is 1.27 bits per heavy atom. The van der Waals surface area contributed by atoms with Gasteiger partial charge in [-0.3, -0.25) is 9.89 Å². The lowest BCUT2D eigenvalue weighted by atomic mass is 9.91. The molecule has 3 heterocycles. The molecule has 6 heteroatoms. The first kappa shape index (κ1) is 16.8. The third kappa shape index (κ3) is 3.79. The minimum absolute atomic E-state index is 0.171. The van der Waals surface area contributed by atoms with E-state index in [9.17, 15) is 4.79 Å². The second kappa shape index (κ2) is 7.72. The molecule has 6 nitrogen and oxygen atoms in total. The number of nitrogens with one attached hydrogen (secondary N) is 2. The van der Waals surface area contributed by atoms with E-state index in [1.54, 1.807) is 0 Å². The fraction of sp³-hybridized carbons (Fsp3) is 0.450. The molecule has 0 bridgehead atoms. The Labute approximate surface area is 153 Å². The minimum atomic E-state index is 0.171. The third-order valence-electron chi connectivity index (χ3n) is 5.36. The number of nitrogens with zero attached hydrogens (tertiary/aromatic N) is 3. The highest BCUT2D eigenvalue weighted by molar-refractivity contribution is 5.76. The largest absolute Gasteiger partial charge is 0.353 e. The smallest absolute Gasteiger partial charge is 0.220 e. The van der Waals surface area contributed by atoms with Gasteiger partial charge in [0.2, 0.25) is 5.91 Å². The van der Waals surface area contributed by atoms with Crippen molar-refractivity contribution >= 4 is 16.9 Å². The number of hydrogen-bond acceptors (Lipinski definition) is 3. The lowest BCUT2D eigenvalue weighted by molar-refractivity contribution is -0.122. The van der Waals surface area contributed by atoms with E-state index in [1.165, 1.54) is 5.39 Å². The molecule has 2 N–H and O–H groups in total. The number of H-pyrrole nitrogens is 1. The van der Waals surface area contributed by atoms with E-state index in [0.717, 1.165) is 49.7 Å². The highest BCUT2D eigenvalue weighted by Gasteiger charge is 2.24. The van der Waals surface area contributed by atoms with Crippen LogP contribution in [-0.4, -0.2) is 31.7 Å². The van der Waals surface area contributed by atoms with Gasteiger partial charge in [0.1, 0.15) is 5.65 Å². The van der Waals surface area contributed by atoms with Gasteiger partial charge in [0.15, 0.2) is 0 Å². The summed E-state index contributed by atoms with van der Waals surface area (Å²) >= 11 is 0. The molecular formula is C20H25N5O. The van der Waals surface area contributed by atoms with Crippen LogP contribution in [0.25, 0.3) is 11.0 Å². The zero-order chi connectivity index (χ0) is 17.8. The first-order chi connectivity index (χ1) is 12.8. The highest BCUT2D eigenvalue weighted by Crippen LogP contribution is 2.31. The molecule has 0 saturated heterocycles. The molecular weight excluding hydrogens is 326 g/mol. The van der Waals surface area contributed by atoms with Crippen molar-refractivity contribution in [2.45, 2.75) is 57.0 Å².